The van der Waals surface area contributed by atoms with Crippen molar-refractivity contribution in [3.05, 3.63) is 0 Å². The second kappa shape index (κ2) is 25.9. The highest BCUT2D eigenvalue weighted by Gasteiger charge is 2.16. The van der Waals surface area contributed by atoms with Gasteiger partial charge in [0.05, 0.1) is 33.0 Å². The first-order valence-electron chi connectivity index (χ1n) is 9.37. The van der Waals surface area contributed by atoms with Gasteiger partial charge in [-0.25, -0.2) is 4.57 Å². The Labute approximate surface area is 163 Å². The maximum atomic E-state index is 10.4. The van der Waals surface area contributed by atoms with Crippen LogP contribution in [0.3, 0.4) is 0 Å². The van der Waals surface area contributed by atoms with Gasteiger partial charge in [0.15, 0.2) is 0 Å². The van der Waals surface area contributed by atoms with Crippen molar-refractivity contribution in [2.75, 3.05) is 59.2 Å². The molecule has 0 bridgehead atoms. The normalized spacial score (nSPS) is 11.9. The molecule has 11 heteroatoms. The van der Waals surface area contributed by atoms with E-state index < -0.39 is 7.82 Å². The molecule has 0 fully saturated rings. The van der Waals surface area contributed by atoms with Crippen LogP contribution in [0.2, 0.25) is 0 Å². The van der Waals surface area contributed by atoms with Crippen molar-refractivity contribution in [2.45, 2.75) is 39.5 Å². The highest BCUT2D eigenvalue weighted by atomic mass is 31.2. The Morgan fingerprint density at radius 1 is 0.852 bits per heavy atom. The molecule has 0 saturated heterocycles. The average Bonchev–Trinajstić information content (AvgIpc) is 2.63. The summed E-state index contributed by atoms with van der Waals surface area (Å²) >= 11 is 0. The van der Waals surface area contributed by atoms with Gasteiger partial charge in [-0.1, -0.05) is 33.1 Å². The number of aliphatic hydroxyl groups is 4. The summed E-state index contributed by atoms with van der Waals surface area (Å²) in [5.74, 6) is 0.271. The molecule has 1 atom stereocenters. The molecule has 0 heterocycles. The summed E-state index contributed by atoms with van der Waals surface area (Å²) in [6, 6.07) is 0. The minimum atomic E-state index is -4.26. The van der Waals surface area contributed by atoms with E-state index in [4.69, 9.17) is 30.2 Å². The summed E-state index contributed by atoms with van der Waals surface area (Å²) in [7, 11) is -4.26. The molecular formula is C16H41N2O8P. The highest BCUT2D eigenvalue weighted by molar-refractivity contribution is 7.46. The van der Waals surface area contributed by atoms with Crippen molar-refractivity contribution in [2.24, 2.45) is 5.92 Å². The largest absolute Gasteiger partial charge is 0.469 e. The number of hydrogen-bond acceptors (Lipinski definition) is 8. The van der Waals surface area contributed by atoms with Crippen LogP contribution in [0.4, 0.5) is 0 Å². The molecule has 168 valence electrons. The van der Waals surface area contributed by atoms with Crippen molar-refractivity contribution < 1.29 is 39.3 Å². The fraction of sp³-hybridized carbons (Fsp3) is 1.00. The quantitative estimate of drug-likeness (QED) is 0.127. The highest BCUT2D eigenvalue weighted by Crippen LogP contribution is 2.36. The zero-order chi connectivity index (χ0) is 21.4. The van der Waals surface area contributed by atoms with Gasteiger partial charge >= 0.3 is 7.82 Å². The van der Waals surface area contributed by atoms with Crippen LogP contribution in [-0.4, -0.2) is 89.4 Å². The number of phosphoric ester groups is 1. The lowest BCUT2D eigenvalue weighted by Crippen LogP contribution is -2.21. The molecule has 27 heavy (non-hydrogen) atoms. The minimum Gasteiger partial charge on any atom is -0.395 e. The van der Waals surface area contributed by atoms with Crippen molar-refractivity contribution in [3.63, 3.8) is 0 Å². The van der Waals surface area contributed by atoms with Crippen LogP contribution in [0.1, 0.15) is 39.5 Å². The van der Waals surface area contributed by atoms with Crippen LogP contribution in [-0.2, 0) is 9.09 Å². The van der Waals surface area contributed by atoms with E-state index in [9.17, 15) is 4.57 Å². The second-order valence-corrected chi connectivity index (χ2v) is 6.84. The number of phosphoric acid groups is 1. The fourth-order valence-electron chi connectivity index (χ4n) is 1.67. The van der Waals surface area contributed by atoms with Gasteiger partial charge in [-0.2, -0.15) is 0 Å². The SMILES string of the molecule is CCCCC(CC)COP(=O)(O)O.OCCNCCO.OCCNCCO. The Bertz CT molecular complexity index is 290. The van der Waals surface area contributed by atoms with Crippen molar-refractivity contribution >= 4 is 7.82 Å². The molecule has 0 aliphatic carbocycles. The zero-order valence-corrected chi connectivity index (χ0v) is 17.6. The smallest absolute Gasteiger partial charge is 0.395 e. The molecule has 1 unspecified atom stereocenters. The standard InChI is InChI=1S/C8H19O4P.2C4H11NO2/c1-3-5-6-8(4-2)7-12-13(9,10)11;2*6-3-1-5-2-4-7/h8H,3-7H2,1-2H3,(H2,9,10,11);2*5-7H,1-4H2. The topological polar surface area (TPSA) is 172 Å². The molecule has 0 spiro atoms. The van der Waals surface area contributed by atoms with Crippen LogP contribution >= 0.6 is 7.82 Å². The molecule has 0 amide bonds. The van der Waals surface area contributed by atoms with E-state index in [2.05, 4.69) is 22.1 Å². The van der Waals surface area contributed by atoms with Crippen molar-refractivity contribution in [1.82, 2.24) is 10.6 Å². The van der Waals surface area contributed by atoms with Crippen LogP contribution in [0, 0.1) is 5.92 Å². The lowest BCUT2D eigenvalue weighted by Gasteiger charge is -2.14. The Morgan fingerprint density at radius 2 is 1.26 bits per heavy atom. The van der Waals surface area contributed by atoms with Crippen molar-refractivity contribution in [1.29, 1.82) is 0 Å². The number of nitrogens with one attached hydrogen (secondary N) is 2. The van der Waals surface area contributed by atoms with E-state index in [0.717, 1.165) is 25.7 Å². The predicted molar refractivity (Wildman–Crippen MR) is 105 cm³/mol. The van der Waals surface area contributed by atoms with E-state index >= 15 is 0 Å². The monoisotopic (exact) mass is 420 g/mol. The van der Waals surface area contributed by atoms with E-state index in [0.29, 0.717) is 26.2 Å². The van der Waals surface area contributed by atoms with E-state index in [1.54, 1.807) is 0 Å². The van der Waals surface area contributed by atoms with E-state index in [1.165, 1.54) is 0 Å². The van der Waals surface area contributed by atoms with Gasteiger partial charge in [-0.05, 0) is 12.3 Å². The van der Waals surface area contributed by atoms with Gasteiger partial charge in [-0.3, -0.25) is 4.52 Å². The summed E-state index contributed by atoms with van der Waals surface area (Å²) in [4.78, 5) is 17.0. The van der Waals surface area contributed by atoms with Crippen molar-refractivity contribution in [3.8, 4) is 0 Å². The molecule has 0 radical (unpaired) electrons. The molecule has 0 aromatic carbocycles. The first kappa shape index (κ1) is 31.6. The molecule has 0 aromatic rings. The summed E-state index contributed by atoms with van der Waals surface area (Å²) in [5.41, 5.74) is 0. The molecule has 0 aliphatic rings. The first-order chi connectivity index (χ1) is 12.8. The third-order valence-corrected chi connectivity index (χ3v) is 3.66. The molecule has 0 rings (SSSR count). The molecule has 10 nitrogen and oxygen atoms in total. The van der Waals surface area contributed by atoms with Gasteiger partial charge < -0.3 is 40.8 Å². The van der Waals surface area contributed by atoms with Crippen LogP contribution in [0.5, 0.6) is 0 Å². The van der Waals surface area contributed by atoms with Gasteiger partial charge in [-0.15, -0.1) is 0 Å². The Morgan fingerprint density at radius 3 is 1.52 bits per heavy atom. The zero-order valence-electron chi connectivity index (χ0n) is 16.7. The third kappa shape index (κ3) is 37.3. The third-order valence-electron chi connectivity index (χ3n) is 3.18. The lowest BCUT2D eigenvalue weighted by atomic mass is 10.0. The van der Waals surface area contributed by atoms with Crippen LogP contribution < -0.4 is 10.6 Å². The summed E-state index contributed by atoms with van der Waals surface area (Å²) in [5, 5.41) is 38.2. The molecule has 0 saturated carbocycles. The molecule has 0 aromatic heterocycles. The summed E-state index contributed by atoms with van der Waals surface area (Å²) in [6.07, 6.45) is 4.07. The fourth-order valence-corrected chi connectivity index (χ4v) is 2.07. The van der Waals surface area contributed by atoms with E-state index in [-0.39, 0.29) is 39.0 Å². The van der Waals surface area contributed by atoms with Gasteiger partial charge in [0.1, 0.15) is 0 Å². The van der Waals surface area contributed by atoms with Crippen LogP contribution in [0.25, 0.3) is 0 Å². The number of unbranched alkanes of at least 4 members (excludes halogenated alkanes) is 1. The molecule has 8 N–H and O–H groups in total. The Hall–Kier alpha value is -0.130. The average molecular weight is 420 g/mol. The minimum absolute atomic E-state index is 0.139. The summed E-state index contributed by atoms with van der Waals surface area (Å²) in [6.45, 7) is 7.10. The maximum Gasteiger partial charge on any atom is 0.469 e. The maximum absolute atomic E-state index is 10.4. The lowest BCUT2D eigenvalue weighted by molar-refractivity contribution is 0.161. The molecule has 0 aliphatic heterocycles. The number of hydrogen-bond donors (Lipinski definition) is 8. The van der Waals surface area contributed by atoms with E-state index in [1.807, 2.05) is 6.92 Å². The Balaban J connectivity index is -0.000000350. The first-order valence-corrected chi connectivity index (χ1v) is 10.9. The van der Waals surface area contributed by atoms with Crippen LogP contribution in [0.15, 0.2) is 0 Å². The van der Waals surface area contributed by atoms with Gasteiger partial charge in [0, 0.05) is 26.2 Å². The number of rotatable bonds is 15. The second-order valence-electron chi connectivity index (χ2n) is 5.60. The van der Waals surface area contributed by atoms with Gasteiger partial charge in [0.25, 0.3) is 0 Å². The summed E-state index contributed by atoms with van der Waals surface area (Å²) < 4.78 is 14.8. The predicted octanol–water partition coefficient (Wildman–Crippen LogP) is -0.567. The van der Waals surface area contributed by atoms with Gasteiger partial charge in [0.2, 0.25) is 0 Å². The number of aliphatic hydroxyl groups excluding tert-OH is 4. The molecular weight excluding hydrogens is 379 g/mol. The Kier molecular flexibility index (Phi) is 30.2.